The van der Waals surface area contributed by atoms with Gasteiger partial charge in [-0.3, -0.25) is 0 Å². The minimum absolute atomic E-state index is 0.479. The van der Waals surface area contributed by atoms with Crippen LogP contribution in [-0.4, -0.2) is 31.1 Å². The van der Waals surface area contributed by atoms with Crippen LogP contribution in [0.1, 0.15) is 31.9 Å². The molecule has 94 valence electrons. The van der Waals surface area contributed by atoms with Crippen molar-refractivity contribution in [3.05, 3.63) is 35.9 Å². The number of hydrogen-bond donors (Lipinski definition) is 1. The molecule has 0 aliphatic carbocycles. The van der Waals surface area contributed by atoms with E-state index in [1.807, 2.05) is 0 Å². The smallest absolute Gasteiger partial charge is 0.0346 e. The Morgan fingerprint density at radius 2 is 1.94 bits per heavy atom. The van der Waals surface area contributed by atoms with Gasteiger partial charge in [0, 0.05) is 18.6 Å². The Hall–Kier alpha value is -0.860. The summed E-state index contributed by atoms with van der Waals surface area (Å²) in [7, 11) is 2.20. The molecular formula is C15H24N2. The molecule has 0 aromatic heterocycles. The van der Waals surface area contributed by atoms with Gasteiger partial charge in [-0.15, -0.1) is 0 Å². The minimum Gasteiger partial charge on any atom is -0.306 e. The average molecular weight is 232 g/mol. The predicted molar refractivity (Wildman–Crippen MR) is 73.1 cm³/mol. The molecular weight excluding hydrogens is 208 g/mol. The van der Waals surface area contributed by atoms with Crippen LogP contribution < -0.4 is 5.32 Å². The van der Waals surface area contributed by atoms with Crippen LogP contribution in [0.4, 0.5) is 0 Å². The summed E-state index contributed by atoms with van der Waals surface area (Å²) in [6.45, 7) is 6.99. The standard InChI is InChI=1S/C15H24N2/c1-12(2)15(13-7-5-4-6-8-13)16-14-9-10-17(3)11-14/h4-8,12,14-16H,9-11H2,1-3H3. The van der Waals surface area contributed by atoms with E-state index in [1.54, 1.807) is 0 Å². The van der Waals surface area contributed by atoms with Gasteiger partial charge in [-0.05, 0) is 31.5 Å². The molecule has 0 bridgehead atoms. The number of benzene rings is 1. The van der Waals surface area contributed by atoms with Gasteiger partial charge in [0.25, 0.3) is 0 Å². The zero-order valence-corrected chi connectivity index (χ0v) is 11.2. The first kappa shape index (κ1) is 12.6. The summed E-state index contributed by atoms with van der Waals surface area (Å²) in [5.41, 5.74) is 1.41. The maximum atomic E-state index is 3.82. The maximum absolute atomic E-state index is 3.82. The summed E-state index contributed by atoms with van der Waals surface area (Å²) >= 11 is 0. The molecule has 2 atom stereocenters. The van der Waals surface area contributed by atoms with Crippen LogP contribution in [0, 0.1) is 5.92 Å². The van der Waals surface area contributed by atoms with E-state index in [0.717, 1.165) is 0 Å². The zero-order chi connectivity index (χ0) is 12.3. The second-order valence-corrected chi connectivity index (χ2v) is 5.55. The van der Waals surface area contributed by atoms with E-state index in [4.69, 9.17) is 0 Å². The lowest BCUT2D eigenvalue weighted by Gasteiger charge is -2.26. The molecule has 1 saturated heterocycles. The Morgan fingerprint density at radius 3 is 2.47 bits per heavy atom. The lowest BCUT2D eigenvalue weighted by molar-refractivity contribution is 0.344. The van der Waals surface area contributed by atoms with E-state index >= 15 is 0 Å². The van der Waals surface area contributed by atoms with Crippen LogP contribution in [0.2, 0.25) is 0 Å². The molecule has 17 heavy (non-hydrogen) atoms. The zero-order valence-electron chi connectivity index (χ0n) is 11.2. The summed E-state index contributed by atoms with van der Waals surface area (Å²) in [4.78, 5) is 2.40. The third kappa shape index (κ3) is 3.30. The maximum Gasteiger partial charge on any atom is 0.0346 e. The summed E-state index contributed by atoms with van der Waals surface area (Å²) < 4.78 is 0. The molecule has 2 unspecified atom stereocenters. The Labute approximate surface area is 105 Å². The monoisotopic (exact) mass is 232 g/mol. The summed E-state index contributed by atoms with van der Waals surface area (Å²) in [5, 5.41) is 3.82. The van der Waals surface area contributed by atoms with Crippen molar-refractivity contribution in [2.75, 3.05) is 20.1 Å². The molecule has 1 heterocycles. The second-order valence-electron chi connectivity index (χ2n) is 5.55. The summed E-state index contributed by atoms with van der Waals surface area (Å²) in [6, 6.07) is 11.9. The van der Waals surface area contributed by atoms with Gasteiger partial charge < -0.3 is 10.2 Å². The molecule has 1 aliphatic rings. The lowest BCUT2D eigenvalue weighted by atomic mass is 9.95. The first-order valence-electron chi connectivity index (χ1n) is 6.66. The average Bonchev–Trinajstić information content (AvgIpc) is 2.73. The van der Waals surface area contributed by atoms with Gasteiger partial charge in [-0.1, -0.05) is 44.2 Å². The summed E-state index contributed by atoms with van der Waals surface area (Å²) in [5.74, 6) is 0.628. The highest BCUT2D eigenvalue weighted by atomic mass is 15.2. The van der Waals surface area contributed by atoms with Crippen molar-refractivity contribution in [1.82, 2.24) is 10.2 Å². The Balaban J connectivity index is 2.03. The molecule has 1 fully saturated rings. The van der Waals surface area contributed by atoms with E-state index in [2.05, 4.69) is 61.4 Å². The number of nitrogens with one attached hydrogen (secondary N) is 1. The molecule has 0 saturated carbocycles. The van der Waals surface area contributed by atoms with Crippen LogP contribution in [-0.2, 0) is 0 Å². The largest absolute Gasteiger partial charge is 0.306 e. The molecule has 0 amide bonds. The van der Waals surface area contributed by atoms with Gasteiger partial charge in [0.05, 0.1) is 0 Å². The topological polar surface area (TPSA) is 15.3 Å². The van der Waals surface area contributed by atoms with Crippen molar-refractivity contribution in [3.63, 3.8) is 0 Å². The fourth-order valence-electron chi connectivity index (χ4n) is 2.66. The highest BCUT2D eigenvalue weighted by molar-refractivity contribution is 5.19. The second kappa shape index (κ2) is 5.65. The van der Waals surface area contributed by atoms with Crippen LogP contribution in [0.5, 0.6) is 0 Å². The van der Waals surface area contributed by atoms with Crippen LogP contribution in [0.15, 0.2) is 30.3 Å². The molecule has 2 rings (SSSR count). The number of hydrogen-bond acceptors (Lipinski definition) is 2. The molecule has 0 spiro atoms. The van der Waals surface area contributed by atoms with Gasteiger partial charge in [0.1, 0.15) is 0 Å². The predicted octanol–water partition coefficient (Wildman–Crippen LogP) is 2.68. The minimum atomic E-state index is 0.479. The van der Waals surface area contributed by atoms with Crippen molar-refractivity contribution >= 4 is 0 Å². The molecule has 1 aliphatic heterocycles. The van der Waals surface area contributed by atoms with Crippen molar-refractivity contribution in [2.24, 2.45) is 5.92 Å². The molecule has 2 nitrogen and oxygen atoms in total. The Bertz CT molecular complexity index is 334. The Kier molecular flexibility index (Phi) is 4.19. The van der Waals surface area contributed by atoms with E-state index < -0.39 is 0 Å². The fraction of sp³-hybridized carbons (Fsp3) is 0.600. The highest BCUT2D eigenvalue weighted by Crippen LogP contribution is 2.23. The fourth-order valence-corrected chi connectivity index (χ4v) is 2.66. The van der Waals surface area contributed by atoms with Gasteiger partial charge in [0.2, 0.25) is 0 Å². The highest BCUT2D eigenvalue weighted by Gasteiger charge is 2.24. The van der Waals surface area contributed by atoms with Crippen molar-refractivity contribution < 1.29 is 0 Å². The molecule has 0 radical (unpaired) electrons. The summed E-state index contributed by atoms with van der Waals surface area (Å²) in [6.07, 6.45) is 1.27. The SMILES string of the molecule is CC(C)C(NC1CCN(C)C1)c1ccccc1. The van der Waals surface area contributed by atoms with Crippen molar-refractivity contribution in [2.45, 2.75) is 32.4 Å². The molecule has 1 aromatic rings. The first-order valence-corrected chi connectivity index (χ1v) is 6.66. The van der Waals surface area contributed by atoms with Crippen LogP contribution in [0.25, 0.3) is 0 Å². The number of likely N-dealkylation sites (tertiary alicyclic amines) is 1. The van der Waals surface area contributed by atoms with Gasteiger partial charge in [0.15, 0.2) is 0 Å². The van der Waals surface area contributed by atoms with Crippen molar-refractivity contribution in [1.29, 1.82) is 0 Å². The molecule has 1 aromatic carbocycles. The van der Waals surface area contributed by atoms with E-state index in [1.165, 1.54) is 25.1 Å². The van der Waals surface area contributed by atoms with E-state index in [-0.39, 0.29) is 0 Å². The first-order chi connectivity index (χ1) is 8.16. The van der Waals surface area contributed by atoms with Gasteiger partial charge in [-0.25, -0.2) is 0 Å². The third-order valence-corrected chi connectivity index (χ3v) is 3.63. The lowest BCUT2D eigenvalue weighted by Crippen LogP contribution is -2.37. The van der Waals surface area contributed by atoms with E-state index in [0.29, 0.717) is 18.0 Å². The molecule has 1 N–H and O–H groups in total. The molecule has 2 heteroatoms. The van der Waals surface area contributed by atoms with Gasteiger partial charge >= 0.3 is 0 Å². The number of likely N-dealkylation sites (N-methyl/N-ethyl adjacent to an activating group) is 1. The van der Waals surface area contributed by atoms with Crippen LogP contribution in [0.3, 0.4) is 0 Å². The van der Waals surface area contributed by atoms with Crippen molar-refractivity contribution in [3.8, 4) is 0 Å². The van der Waals surface area contributed by atoms with Gasteiger partial charge in [-0.2, -0.15) is 0 Å². The Morgan fingerprint density at radius 1 is 1.24 bits per heavy atom. The quantitative estimate of drug-likeness (QED) is 0.858. The number of rotatable bonds is 4. The van der Waals surface area contributed by atoms with Crippen LogP contribution >= 0.6 is 0 Å². The normalized spacial score (nSPS) is 23.2. The number of nitrogens with zero attached hydrogens (tertiary/aromatic N) is 1. The third-order valence-electron chi connectivity index (χ3n) is 3.63. The van der Waals surface area contributed by atoms with E-state index in [9.17, 15) is 0 Å².